The number of benzene rings is 1. The molecule has 0 bridgehead atoms. The Bertz CT molecular complexity index is 455. The van der Waals surface area contributed by atoms with Crippen LogP contribution >= 0.6 is 0 Å². The van der Waals surface area contributed by atoms with Gasteiger partial charge in [-0.1, -0.05) is 24.1 Å². The lowest BCUT2D eigenvalue weighted by Gasteiger charge is -2.34. The highest BCUT2D eigenvalue weighted by Crippen LogP contribution is 2.24. The van der Waals surface area contributed by atoms with Gasteiger partial charge in [0.1, 0.15) is 5.78 Å². The molecule has 1 unspecified atom stereocenters. The normalized spacial score (nSPS) is 20.5. The van der Waals surface area contributed by atoms with Gasteiger partial charge in [-0.05, 0) is 63.8 Å². The minimum Gasteiger partial charge on any atom is -0.298 e. The van der Waals surface area contributed by atoms with Crippen molar-refractivity contribution in [2.75, 3.05) is 6.54 Å². The Morgan fingerprint density at radius 3 is 2.42 bits per heavy atom. The zero-order chi connectivity index (χ0) is 14.0. The number of Topliss-reactive ketones (excluding diaryl/α,β-unsaturated/α-hetero) is 1. The number of rotatable bonds is 3. The molecule has 1 atom stereocenters. The highest BCUT2D eigenvalue weighted by atomic mass is 16.1. The zero-order valence-electron chi connectivity index (χ0n) is 12.6. The number of nitrogens with zero attached hydrogens (tertiary/aromatic N) is 1. The molecule has 0 radical (unpaired) electrons. The fraction of sp³-hybridized carbons (Fsp3) is 0.588. The second-order valence-electron chi connectivity index (χ2n) is 5.97. The van der Waals surface area contributed by atoms with Gasteiger partial charge in [-0.3, -0.25) is 9.69 Å². The molecule has 1 fully saturated rings. The molecule has 0 aliphatic carbocycles. The van der Waals surface area contributed by atoms with Crippen LogP contribution in [-0.2, 0) is 11.3 Å². The minimum atomic E-state index is 0.133. The Labute approximate surface area is 116 Å². The number of carbonyl (C=O) groups excluding carboxylic acids is 1. The first-order valence-corrected chi connectivity index (χ1v) is 7.30. The summed E-state index contributed by atoms with van der Waals surface area (Å²) < 4.78 is 0. The van der Waals surface area contributed by atoms with Crippen molar-refractivity contribution in [2.24, 2.45) is 0 Å². The summed E-state index contributed by atoms with van der Waals surface area (Å²) in [5.74, 6) is 0.321. The summed E-state index contributed by atoms with van der Waals surface area (Å²) in [6.07, 6.45) is 3.43. The second-order valence-corrected chi connectivity index (χ2v) is 5.97. The molecule has 0 spiro atoms. The average molecular weight is 259 g/mol. The first-order chi connectivity index (χ1) is 8.99. The van der Waals surface area contributed by atoms with Gasteiger partial charge in [-0.15, -0.1) is 0 Å². The molecule has 2 heteroatoms. The molecule has 1 aliphatic heterocycles. The fourth-order valence-corrected chi connectivity index (χ4v) is 3.30. The van der Waals surface area contributed by atoms with E-state index in [4.69, 9.17) is 0 Å². The summed E-state index contributed by atoms with van der Waals surface area (Å²) in [5.41, 5.74) is 5.43. The van der Waals surface area contributed by atoms with Gasteiger partial charge in [-0.25, -0.2) is 0 Å². The van der Waals surface area contributed by atoms with Crippen LogP contribution in [0, 0.1) is 20.8 Å². The second kappa shape index (κ2) is 5.87. The van der Waals surface area contributed by atoms with Gasteiger partial charge in [0.25, 0.3) is 0 Å². The van der Waals surface area contributed by atoms with Crippen molar-refractivity contribution < 1.29 is 4.79 Å². The third kappa shape index (κ3) is 3.24. The number of hydrogen-bond donors (Lipinski definition) is 0. The van der Waals surface area contributed by atoms with Gasteiger partial charge in [0.05, 0.1) is 6.04 Å². The summed E-state index contributed by atoms with van der Waals surface area (Å²) in [5, 5.41) is 0. The van der Waals surface area contributed by atoms with Crippen LogP contribution < -0.4 is 0 Å². The van der Waals surface area contributed by atoms with Gasteiger partial charge in [0, 0.05) is 6.54 Å². The molecule has 1 aromatic rings. The summed E-state index contributed by atoms with van der Waals surface area (Å²) >= 11 is 0. The van der Waals surface area contributed by atoms with Crippen molar-refractivity contribution in [1.29, 1.82) is 0 Å². The SMILES string of the molecule is CC(=O)C1CCCCN1Cc1c(C)cc(C)cc1C. The lowest BCUT2D eigenvalue weighted by Crippen LogP contribution is -2.43. The van der Waals surface area contributed by atoms with Crippen LogP contribution in [0.5, 0.6) is 0 Å². The highest BCUT2D eigenvalue weighted by Gasteiger charge is 2.26. The van der Waals surface area contributed by atoms with Gasteiger partial charge in [0.15, 0.2) is 0 Å². The molecule has 0 saturated carbocycles. The van der Waals surface area contributed by atoms with E-state index in [0.717, 1.165) is 19.5 Å². The van der Waals surface area contributed by atoms with Crippen LogP contribution in [0.4, 0.5) is 0 Å². The van der Waals surface area contributed by atoms with E-state index in [2.05, 4.69) is 37.8 Å². The largest absolute Gasteiger partial charge is 0.298 e. The maximum atomic E-state index is 11.8. The molecule has 19 heavy (non-hydrogen) atoms. The molecule has 1 aromatic carbocycles. The predicted octanol–water partition coefficient (Wildman–Crippen LogP) is 3.56. The predicted molar refractivity (Wildman–Crippen MR) is 79.4 cm³/mol. The van der Waals surface area contributed by atoms with Gasteiger partial charge >= 0.3 is 0 Å². The smallest absolute Gasteiger partial charge is 0.146 e. The van der Waals surface area contributed by atoms with Crippen molar-refractivity contribution >= 4 is 5.78 Å². The third-order valence-corrected chi connectivity index (χ3v) is 4.28. The minimum absolute atomic E-state index is 0.133. The molecule has 0 amide bonds. The molecule has 2 rings (SSSR count). The van der Waals surface area contributed by atoms with Crippen molar-refractivity contribution in [3.05, 3.63) is 34.4 Å². The lowest BCUT2D eigenvalue weighted by atomic mass is 9.95. The van der Waals surface area contributed by atoms with Crippen LogP contribution in [0.1, 0.15) is 48.4 Å². The lowest BCUT2D eigenvalue weighted by molar-refractivity contribution is -0.123. The zero-order valence-corrected chi connectivity index (χ0v) is 12.6. The van der Waals surface area contributed by atoms with Gasteiger partial charge < -0.3 is 0 Å². The molecular formula is C17H25NO. The number of hydrogen-bond acceptors (Lipinski definition) is 2. The van der Waals surface area contributed by atoms with E-state index in [1.165, 1.54) is 35.1 Å². The van der Waals surface area contributed by atoms with E-state index in [9.17, 15) is 4.79 Å². The molecule has 1 heterocycles. The summed E-state index contributed by atoms with van der Waals surface area (Å²) in [7, 11) is 0. The number of aryl methyl sites for hydroxylation is 3. The average Bonchev–Trinajstić information content (AvgIpc) is 2.34. The van der Waals surface area contributed by atoms with E-state index in [-0.39, 0.29) is 6.04 Å². The van der Waals surface area contributed by atoms with Crippen LogP contribution in [-0.4, -0.2) is 23.3 Å². The van der Waals surface area contributed by atoms with E-state index < -0.39 is 0 Å². The first-order valence-electron chi connectivity index (χ1n) is 7.30. The topological polar surface area (TPSA) is 20.3 Å². The van der Waals surface area contributed by atoms with Gasteiger partial charge in [-0.2, -0.15) is 0 Å². The van der Waals surface area contributed by atoms with E-state index in [1.807, 2.05) is 0 Å². The molecule has 1 aliphatic rings. The summed E-state index contributed by atoms with van der Waals surface area (Å²) in [6, 6.07) is 4.62. The Balaban J connectivity index is 2.22. The molecule has 0 N–H and O–H groups in total. The van der Waals surface area contributed by atoms with Crippen LogP contribution in [0.3, 0.4) is 0 Å². The standard InChI is InChI=1S/C17H25NO/c1-12-9-13(2)16(14(3)10-12)11-18-8-6-5-7-17(18)15(4)19/h9-10,17H,5-8,11H2,1-4H3. The molecular weight excluding hydrogens is 234 g/mol. The van der Waals surface area contributed by atoms with Crippen molar-refractivity contribution in [2.45, 2.75) is 59.5 Å². The quantitative estimate of drug-likeness (QED) is 0.827. The van der Waals surface area contributed by atoms with Crippen LogP contribution in [0.25, 0.3) is 0 Å². The number of piperidine rings is 1. The monoisotopic (exact) mass is 259 g/mol. The van der Waals surface area contributed by atoms with E-state index in [1.54, 1.807) is 6.92 Å². The fourth-order valence-electron chi connectivity index (χ4n) is 3.30. The molecule has 2 nitrogen and oxygen atoms in total. The first kappa shape index (κ1) is 14.3. The maximum absolute atomic E-state index is 11.8. The number of carbonyl (C=O) groups is 1. The Morgan fingerprint density at radius 2 is 1.84 bits per heavy atom. The van der Waals surface area contributed by atoms with Gasteiger partial charge in [0.2, 0.25) is 0 Å². The highest BCUT2D eigenvalue weighted by molar-refractivity contribution is 5.81. The Hall–Kier alpha value is -1.15. The maximum Gasteiger partial charge on any atom is 0.146 e. The van der Waals surface area contributed by atoms with E-state index >= 15 is 0 Å². The summed E-state index contributed by atoms with van der Waals surface area (Å²) in [4.78, 5) is 14.2. The Morgan fingerprint density at radius 1 is 1.21 bits per heavy atom. The summed E-state index contributed by atoms with van der Waals surface area (Å²) in [6.45, 7) is 10.2. The van der Waals surface area contributed by atoms with Crippen molar-refractivity contribution in [3.8, 4) is 0 Å². The van der Waals surface area contributed by atoms with Crippen molar-refractivity contribution in [3.63, 3.8) is 0 Å². The van der Waals surface area contributed by atoms with Crippen LogP contribution in [0.2, 0.25) is 0 Å². The molecule has 1 saturated heterocycles. The number of likely N-dealkylation sites (tertiary alicyclic amines) is 1. The molecule has 0 aromatic heterocycles. The third-order valence-electron chi connectivity index (χ3n) is 4.28. The van der Waals surface area contributed by atoms with E-state index in [0.29, 0.717) is 5.78 Å². The Kier molecular flexibility index (Phi) is 4.41. The van der Waals surface area contributed by atoms with Crippen LogP contribution in [0.15, 0.2) is 12.1 Å². The molecule has 104 valence electrons. The van der Waals surface area contributed by atoms with Crippen molar-refractivity contribution in [1.82, 2.24) is 4.90 Å². The number of ketones is 1.